The van der Waals surface area contributed by atoms with Crippen LogP contribution in [0.15, 0.2) is 30.3 Å². The van der Waals surface area contributed by atoms with Crippen LogP contribution in [0.4, 0.5) is 5.82 Å². The number of morpholine rings is 1. The van der Waals surface area contributed by atoms with Gasteiger partial charge in [0.05, 0.1) is 13.2 Å². The Morgan fingerprint density at radius 1 is 1.29 bits per heavy atom. The van der Waals surface area contributed by atoms with Gasteiger partial charge in [-0.25, -0.2) is 15.8 Å². The molecule has 3 rings (SSSR count). The molecule has 7 nitrogen and oxygen atoms in total. The zero-order valence-electron chi connectivity index (χ0n) is 11.5. The molecular weight excluding hydrogens is 270 g/mol. The quantitative estimate of drug-likeness (QED) is 0.562. The molecule has 1 saturated heterocycles. The second-order valence-corrected chi connectivity index (χ2v) is 4.76. The van der Waals surface area contributed by atoms with Gasteiger partial charge in [0.1, 0.15) is 11.5 Å². The molecule has 7 heteroatoms. The Morgan fingerprint density at radius 3 is 2.81 bits per heavy atom. The summed E-state index contributed by atoms with van der Waals surface area (Å²) in [7, 11) is 0. The summed E-state index contributed by atoms with van der Waals surface area (Å²) >= 11 is 0. The van der Waals surface area contributed by atoms with E-state index in [0.717, 1.165) is 10.8 Å². The summed E-state index contributed by atoms with van der Waals surface area (Å²) in [4.78, 5) is 16.6. The van der Waals surface area contributed by atoms with Crippen molar-refractivity contribution in [1.29, 1.82) is 0 Å². The Morgan fingerprint density at radius 2 is 2.05 bits per heavy atom. The van der Waals surface area contributed by atoms with Gasteiger partial charge in [-0.3, -0.25) is 10.2 Å². The van der Waals surface area contributed by atoms with Gasteiger partial charge in [0.25, 0.3) is 5.91 Å². The maximum absolute atomic E-state index is 12.3. The molecule has 1 amide bonds. The van der Waals surface area contributed by atoms with Crippen molar-refractivity contribution in [3.8, 4) is 0 Å². The lowest BCUT2D eigenvalue weighted by molar-refractivity contribution is 0.0125. The van der Waals surface area contributed by atoms with Crippen molar-refractivity contribution in [1.82, 2.24) is 15.4 Å². The summed E-state index contributed by atoms with van der Waals surface area (Å²) in [6.07, 6.45) is 0. The molecule has 0 unspecified atom stereocenters. The van der Waals surface area contributed by atoms with Crippen LogP contribution in [0.1, 0.15) is 10.5 Å². The average Bonchev–Trinajstić information content (AvgIpc) is 2.54. The number of nitrogens with one attached hydrogen (secondary N) is 2. The smallest absolute Gasteiger partial charge is 0.284 e. The Balaban J connectivity index is 1.87. The lowest BCUT2D eigenvalue weighted by Gasteiger charge is -2.26. The van der Waals surface area contributed by atoms with Crippen LogP contribution >= 0.6 is 0 Å². The number of fused-ring (bicyclic) bond motifs is 1. The number of hydrogen-bond acceptors (Lipinski definition) is 6. The highest BCUT2D eigenvalue weighted by Gasteiger charge is 2.16. The number of hydrogen-bond donors (Lipinski definition) is 3. The predicted molar refractivity (Wildman–Crippen MR) is 79.4 cm³/mol. The molecule has 1 fully saturated rings. The van der Waals surface area contributed by atoms with Crippen LogP contribution in [-0.4, -0.2) is 42.2 Å². The van der Waals surface area contributed by atoms with E-state index in [0.29, 0.717) is 37.8 Å². The van der Waals surface area contributed by atoms with Crippen LogP contribution in [0, 0.1) is 0 Å². The lowest BCUT2D eigenvalue weighted by Crippen LogP contribution is -2.48. The van der Waals surface area contributed by atoms with Gasteiger partial charge in [-0.1, -0.05) is 24.3 Å². The minimum Gasteiger partial charge on any atom is -0.379 e. The average molecular weight is 287 g/mol. The molecule has 2 heterocycles. The first kappa shape index (κ1) is 13.7. The second-order valence-electron chi connectivity index (χ2n) is 4.76. The normalized spacial score (nSPS) is 15.9. The van der Waals surface area contributed by atoms with E-state index in [1.165, 1.54) is 0 Å². The van der Waals surface area contributed by atoms with Crippen molar-refractivity contribution < 1.29 is 9.53 Å². The molecule has 1 aromatic heterocycles. The van der Waals surface area contributed by atoms with Crippen molar-refractivity contribution in [3.05, 3.63) is 36.0 Å². The Bertz CT molecular complexity index is 655. The number of nitrogen functional groups attached to an aromatic ring is 1. The number of anilines is 1. The fraction of sp³-hybridized carbons (Fsp3) is 0.286. The molecule has 4 N–H and O–H groups in total. The number of aromatic nitrogens is 1. The topological polar surface area (TPSA) is 92.5 Å². The van der Waals surface area contributed by atoms with E-state index in [-0.39, 0.29) is 5.91 Å². The van der Waals surface area contributed by atoms with E-state index in [1.807, 2.05) is 29.3 Å². The van der Waals surface area contributed by atoms with Crippen molar-refractivity contribution in [3.63, 3.8) is 0 Å². The Labute approximate surface area is 122 Å². The standard InChI is InChI=1S/C14H17N5O2/c15-17-13-11-4-2-1-3-10(11)9-12(16-13)14(20)18-19-5-7-21-8-6-19/h1-4,9H,5-8,15H2,(H,16,17)(H,18,20). The molecule has 0 spiro atoms. The molecule has 2 aromatic rings. The molecule has 1 aromatic carbocycles. The molecule has 21 heavy (non-hydrogen) atoms. The molecule has 1 aliphatic heterocycles. The number of amides is 1. The lowest BCUT2D eigenvalue weighted by atomic mass is 10.1. The molecule has 0 bridgehead atoms. The number of nitrogens with zero attached hydrogens (tertiary/aromatic N) is 2. The first-order valence-electron chi connectivity index (χ1n) is 6.78. The van der Waals surface area contributed by atoms with E-state index in [1.54, 1.807) is 6.07 Å². The van der Waals surface area contributed by atoms with Crippen LogP contribution < -0.4 is 16.7 Å². The largest absolute Gasteiger partial charge is 0.379 e. The van der Waals surface area contributed by atoms with Gasteiger partial charge < -0.3 is 10.2 Å². The molecule has 1 aliphatic rings. The second kappa shape index (κ2) is 6.04. The highest BCUT2D eigenvalue weighted by Crippen LogP contribution is 2.21. The summed E-state index contributed by atoms with van der Waals surface area (Å²) < 4.78 is 5.25. The molecule has 0 atom stereocenters. The Hall–Kier alpha value is -2.22. The van der Waals surface area contributed by atoms with E-state index in [9.17, 15) is 4.79 Å². The highest BCUT2D eigenvalue weighted by atomic mass is 16.5. The van der Waals surface area contributed by atoms with E-state index in [2.05, 4.69) is 15.8 Å². The van der Waals surface area contributed by atoms with E-state index < -0.39 is 0 Å². The number of pyridine rings is 1. The number of nitrogens with two attached hydrogens (primary N) is 1. The minimum absolute atomic E-state index is 0.251. The summed E-state index contributed by atoms with van der Waals surface area (Å²) in [5.41, 5.74) is 5.71. The fourth-order valence-electron chi connectivity index (χ4n) is 2.30. The van der Waals surface area contributed by atoms with Crippen LogP contribution in [-0.2, 0) is 4.74 Å². The van der Waals surface area contributed by atoms with Gasteiger partial charge in [0.15, 0.2) is 0 Å². The highest BCUT2D eigenvalue weighted by molar-refractivity contribution is 6.00. The maximum Gasteiger partial charge on any atom is 0.284 e. The van der Waals surface area contributed by atoms with Gasteiger partial charge in [-0.05, 0) is 11.5 Å². The number of benzene rings is 1. The van der Waals surface area contributed by atoms with Gasteiger partial charge in [-0.2, -0.15) is 0 Å². The Kier molecular flexibility index (Phi) is 3.96. The van der Waals surface area contributed by atoms with Gasteiger partial charge in [-0.15, -0.1) is 0 Å². The van der Waals surface area contributed by atoms with Gasteiger partial charge >= 0.3 is 0 Å². The number of carbonyl (C=O) groups excluding carboxylic acids is 1. The third kappa shape index (κ3) is 2.94. The number of rotatable bonds is 3. The van der Waals surface area contributed by atoms with Crippen molar-refractivity contribution in [2.45, 2.75) is 0 Å². The third-order valence-electron chi connectivity index (χ3n) is 3.38. The van der Waals surface area contributed by atoms with Crippen LogP contribution in [0.25, 0.3) is 10.8 Å². The summed E-state index contributed by atoms with van der Waals surface area (Å²) in [6, 6.07) is 9.39. The molecule has 110 valence electrons. The van der Waals surface area contributed by atoms with Crippen molar-refractivity contribution in [2.75, 3.05) is 31.7 Å². The molecule has 0 saturated carbocycles. The SMILES string of the molecule is NNc1nc(C(=O)NN2CCOCC2)cc2ccccc12. The number of carbonyl (C=O) groups is 1. The molecule has 0 radical (unpaired) electrons. The molecule has 0 aliphatic carbocycles. The molecular formula is C14H17N5O2. The zero-order chi connectivity index (χ0) is 14.7. The maximum atomic E-state index is 12.3. The van der Waals surface area contributed by atoms with Gasteiger partial charge in [0.2, 0.25) is 0 Å². The fourth-order valence-corrected chi connectivity index (χ4v) is 2.30. The number of ether oxygens (including phenoxy) is 1. The predicted octanol–water partition coefficient (Wildman–Crippen LogP) is 0.497. The summed E-state index contributed by atoms with van der Waals surface area (Å²) in [5, 5.41) is 3.62. The van der Waals surface area contributed by atoms with Crippen molar-refractivity contribution in [2.24, 2.45) is 5.84 Å². The zero-order valence-corrected chi connectivity index (χ0v) is 11.5. The summed E-state index contributed by atoms with van der Waals surface area (Å²) in [5.74, 6) is 5.73. The van der Waals surface area contributed by atoms with Gasteiger partial charge in [0, 0.05) is 18.5 Å². The first-order valence-corrected chi connectivity index (χ1v) is 6.78. The third-order valence-corrected chi connectivity index (χ3v) is 3.38. The minimum atomic E-state index is -0.251. The van der Waals surface area contributed by atoms with E-state index in [4.69, 9.17) is 10.6 Å². The van der Waals surface area contributed by atoms with E-state index >= 15 is 0 Å². The van der Waals surface area contributed by atoms with Crippen LogP contribution in [0.2, 0.25) is 0 Å². The summed E-state index contributed by atoms with van der Waals surface area (Å²) in [6.45, 7) is 2.56. The van der Waals surface area contributed by atoms with Crippen molar-refractivity contribution >= 4 is 22.5 Å². The van der Waals surface area contributed by atoms with Crippen LogP contribution in [0.3, 0.4) is 0 Å². The first-order chi connectivity index (χ1) is 10.3. The monoisotopic (exact) mass is 287 g/mol. The van der Waals surface area contributed by atoms with Crippen LogP contribution in [0.5, 0.6) is 0 Å². The number of hydrazine groups is 2.